The van der Waals surface area contributed by atoms with Gasteiger partial charge in [0.05, 0.1) is 0 Å². The van der Waals surface area contributed by atoms with E-state index in [1.165, 1.54) is 4.90 Å². The van der Waals surface area contributed by atoms with Crippen LogP contribution in [0.15, 0.2) is 24.3 Å². The van der Waals surface area contributed by atoms with Crippen LogP contribution in [0.1, 0.15) is 18.4 Å². The molecule has 4 nitrogen and oxygen atoms in total. The molecule has 2 rings (SSSR count). The van der Waals surface area contributed by atoms with Gasteiger partial charge in [-0.15, -0.1) is 0 Å². The van der Waals surface area contributed by atoms with Crippen LogP contribution in [0.5, 0.6) is 0 Å². The molecule has 2 amide bonds. The van der Waals surface area contributed by atoms with Crippen LogP contribution in [0.3, 0.4) is 0 Å². The third kappa shape index (κ3) is 2.58. The van der Waals surface area contributed by atoms with Gasteiger partial charge in [-0.1, -0.05) is 23.7 Å². The van der Waals surface area contributed by atoms with Crippen molar-refractivity contribution in [3.63, 3.8) is 0 Å². The first-order chi connectivity index (χ1) is 8.08. The Morgan fingerprint density at radius 1 is 1.41 bits per heavy atom. The van der Waals surface area contributed by atoms with Crippen molar-refractivity contribution in [3.05, 3.63) is 34.9 Å². The maximum Gasteiger partial charge on any atom is 0.240 e. The highest BCUT2D eigenvalue weighted by atomic mass is 35.5. The number of nitrogens with two attached hydrogens (primary N) is 1. The summed E-state index contributed by atoms with van der Waals surface area (Å²) in [6.45, 7) is 0.406. The largest absolute Gasteiger partial charge is 0.368 e. The monoisotopic (exact) mass is 252 g/mol. The van der Waals surface area contributed by atoms with Crippen LogP contribution in [-0.2, 0) is 16.1 Å². The number of carbonyl (C=O) groups is 2. The smallest absolute Gasteiger partial charge is 0.240 e. The number of nitrogens with zero attached hydrogens (tertiary/aromatic N) is 1. The minimum atomic E-state index is -0.474. The number of likely N-dealkylation sites (tertiary alicyclic amines) is 1. The number of amides is 2. The second-order valence-electron chi connectivity index (χ2n) is 4.10. The van der Waals surface area contributed by atoms with E-state index in [-0.39, 0.29) is 5.91 Å². The molecule has 0 unspecified atom stereocenters. The van der Waals surface area contributed by atoms with Crippen molar-refractivity contribution in [1.82, 2.24) is 4.90 Å². The quantitative estimate of drug-likeness (QED) is 0.882. The number of carbonyl (C=O) groups excluding carboxylic acids is 2. The van der Waals surface area contributed by atoms with Crippen molar-refractivity contribution >= 4 is 23.4 Å². The lowest BCUT2D eigenvalue weighted by Gasteiger charge is -2.22. The van der Waals surface area contributed by atoms with Gasteiger partial charge in [-0.3, -0.25) is 9.59 Å². The fraction of sp³-hybridized carbons (Fsp3) is 0.333. The normalized spacial score (nSPS) is 19.7. The summed E-state index contributed by atoms with van der Waals surface area (Å²) in [4.78, 5) is 24.4. The molecular formula is C12H13ClN2O2. The molecular weight excluding hydrogens is 240 g/mol. The molecule has 0 aliphatic carbocycles. The van der Waals surface area contributed by atoms with Crippen molar-refractivity contribution in [1.29, 1.82) is 0 Å². The fourth-order valence-corrected chi connectivity index (χ4v) is 2.14. The van der Waals surface area contributed by atoms with Gasteiger partial charge in [0.25, 0.3) is 0 Å². The summed E-state index contributed by atoms with van der Waals surface area (Å²) < 4.78 is 0. The Labute approximate surface area is 104 Å². The van der Waals surface area contributed by atoms with Crippen LogP contribution >= 0.6 is 11.6 Å². The van der Waals surface area contributed by atoms with E-state index in [1.54, 1.807) is 12.1 Å². The van der Waals surface area contributed by atoms with Gasteiger partial charge in [-0.2, -0.15) is 0 Å². The molecule has 17 heavy (non-hydrogen) atoms. The molecule has 0 bridgehead atoms. The van der Waals surface area contributed by atoms with Crippen LogP contribution in [0.4, 0.5) is 0 Å². The Balaban J connectivity index is 2.13. The second-order valence-corrected chi connectivity index (χ2v) is 4.54. The van der Waals surface area contributed by atoms with Crippen molar-refractivity contribution in [2.75, 3.05) is 0 Å². The lowest BCUT2D eigenvalue weighted by molar-refractivity contribution is -0.134. The van der Waals surface area contributed by atoms with E-state index < -0.39 is 11.9 Å². The highest BCUT2D eigenvalue weighted by Gasteiger charge is 2.34. The average molecular weight is 253 g/mol. The van der Waals surface area contributed by atoms with E-state index in [0.29, 0.717) is 24.4 Å². The minimum absolute atomic E-state index is 0.0243. The maximum absolute atomic E-state index is 11.7. The Bertz CT molecular complexity index is 444. The lowest BCUT2D eigenvalue weighted by atomic mass is 10.2. The first-order valence-corrected chi connectivity index (χ1v) is 5.79. The Hall–Kier alpha value is -1.55. The molecule has 5 heteroatoms. The minimum Gasteiger partial charge on any atom is -0.368 e. The molecule has 0 aromatic heterocycles. The lowest BCUT2D eigenvalue weighted by Crippen LogP contribution is -2.41. The highest BCUT2D eigenvalue weighted by Crippen LogP contribution is 2.21. The Morgan fingerprint density at radius 3 is 2.65 bits per heavy atom. The summed E-state index contributed by atoms with van der Waals surface area (Å²) in [7, 11) is 0. The number of primary amides is 1. The molecule has 90 valence electrons. The predicted molar refractivity (Wildman–Crippen MR) is 64.2 cm³/mol. The number of hydrogen-bond donors (Lipinski definition) is 1. The fourth-order valence-electron chi connectivity index (χ4n) is 2.01. The van der Waals surface area contributed by atoms with Crippen molar-refractivity contribution in [2.45, 2.75) is 25.4 Å². The summed E-state index contributed by atoms with van der Waals surface area (Å²) in [5, 5.41) is 0.646. The zero-order chi connectivity index (χ0) is 12.4. The predicted octanol–water partition coefficient (Wildman–Crippen LogP) is 1.32. The van der Waals surface area contributed by atoms with Gasteiger partial charge in [-0.25, -0.2) is 0 Å². The van der Waals surface area contributed by atoms with Gasteiger partial charge in [0.2, 0.25) is 11.8 Å². The van der Waals surface area contributed by atoms with Crippen LogP contribution in [-0.4, -0.2) is 22.8 Å². The summed E-state index contributed by atoms with van der Waals surface area (Å²) >= 11 is 5.78. The molecule has 2 N–H and O–H groups in total. The molecule has 1 saturated heterocycles. The van der Waals surface area contributed by atoms with E-state index in [1.807, 2.05) is 12.1 Å². The van der Waals surface area contributed by atoms with E-state index in [0.717, 1.165) is 5.56 Å². The van der Waals surface area contributed by atoms with Crippen LogP contribution < -0.4 is 5.73 Å². The van der Waals surface area contributed by atoms with Gasteiger partial charge in [0.15, 0.2) is 0 Å². The number of halogens is 1. The zero-order valence-electron chi connectivity index (χ0n) is 9.23. The van der Waals surface area contributed by atoms with Gasteiger partial charge < -0.3 is 10.6 Å². The van der Waals surface area contributed by atoms with Crippen molar-refractivity contribution in [3.8, 4) is 0 Å². The maximum atomic E-state index is 11.7. The van der Waals surface area contributed by atoms with Gasteiger partial charge >= 0.3 is 0 Å². The molecule has 1 aliphatic heterocycles. The Morgan fingerprint density at radius 2 is 2.06 bits per heavy atom. The summed E-state index contributed by atoms with van der Waals surface area (Å²) in [5.74, 6) is -0.464. The zero-order valence-corrected chi connectivity index (χ0v) is 9.98. The van der Waals surface area contributed by atoms with Crippen molar-refractivity contribution in [2.24, 2.45) is 5.73 Å². The second kappa shape index (κ2) is 4.75. The summed E-state index contributed by atoms with van der Waals surface area (Å²) in [5.41, 5.74) is 6.21. The number of rotatable bonds is 3. The molecule has 1 fully saturated rings. The molecule has 1 aliphatic rings. The van der Waals surface area contributed by atoms with E-state index in [9.17, 15) is 9.59 Å². The van der Waals surface area contributed by atoms with E-state index in [2.05, 4.69) is 0 Å². The summed E-state index contributed by atoms with van der Waals surface area (Å²) in [6, 6.07) is 6.73. The first kappa shape index (κ1) is 11.9. The first-order valence-electron chi connectivity index (χ1n) is 5.41. The SMILES string of the molecule is NC(=O)[C@H]1CCC(=O)N1Cc1ccc(Cl)cc1. The molecule has 0 radical (unpaired) electrons. The third-order valence-corrected chi connectivity index (χ3v) is 3.17. The molecule has 0 spiro atoms. The van der Waals surface area contributed by atoms with Crippen LogP contribution in [0.2, 0.25) is 5.02 Å². The van der Waals surface area contributed by atoms with Gasteiger partial charge in [-0.05, 0) is 24.1 Å². The van der Waals surface area contributed by atoms with Crippen LogP contribution in [0, 0.1) is 0 Å². The van der Waals surface area contributed by atoms with Gasteiger partial charge in [0, 0.05) is 18.0 Å². The Kier molecular flexibility index (Phi) is 3.33. The molecule has 0 saturated carbocycles. The van der Waals surface area contributed by atoms with E-state index >= 15 is 0 Å². The highest BCUT2D eigenvalue weighted by molar-refractivity contribution is 6.30. The topological polar surface area (TPSA) is 63.4 Å². The van der Waals surface area contributed by atoms with Gasteiger partial charge in [0.1, 0.15) is 6.04 Å². The molecule has 1 atom stereocenters. The summed E-state index contributed by atoms with van der Waals surface area (Å²) in [6.07, 6.45) is 0.906. The number of hydrogen-bond acceptors (Lipinski definition) is 2. The average Bonchev–Trinajstić information content (AvgIpc) is 2.64. The molecule has 1 aromatic carbocycles. The standard InChI is InChI=1S/C12H13ClN2O2/c13-9-3-1-8(2-4-9)7-15-10(12(14)17)5-6-11(15)16/h1-4,10H,5-7H2,(H2,14,17)/t10-/m1/s1. The number of benzene rings is 1. The molecule has 1 aromatic rings. The third-order valence-electron chi connectivity index (χ3n) is 2.92. The van der Waals surface area contributed by atoms with E-state index in [4.69, 9.17) is 17.3 Å². The molecule has 1 heterocycles. The van der Waals surface area contributed by atoms with Crippen molar-refractivity contribution < 1.29 is 9.59 Å². The van der Waals surface area contributed by atoms with Crippen LogP contribution in [0.25, 0.3) is 0 Å².